The SMILES string of the molecule is CC(C)N1CCCC1(C)COc1ccc2c(c1)CCNC2. The number of rotatable bonds is 4. The van der Waals surface area contributed by atoms with Crippen LogP contribution in [-0.4, -0.2) is 36.2 Å². The fourth-order valence-electron chi connectivity index (χ4n) is 3.86. The fourth-order valence-corrected chi connectivity index (χ4v) is 3.86. The number of hydrogen-bond acceptors (Lipinski definition) is 3. The minimum absolute atomic E-state index is 0.186. The van der Waals surface area contributed by atoms with E-state index < -0.39 is 0 Å². The number of benzene rings is 1. The molecule has 3 nitrogen and oxygen atoms in total. The molecular formula is C18H28N2O. The third kappa shape index (κ3) is 3.09. The lowest BCUT2D eigenvalue weighted by Gasteiger charge is -2.38. The highest BCUT2D eigenvalue weighted by Gasteiger charge is 2.38. The van der Waals surface area contributed by atoms with Crippen LogP contribution in [0.15, 0.2) is 18.2 Å². The molecule has 0 saturated carbocycles. The highest BCUT2D eigenvalue weighted by atomic mass is 16.5. The maximum Gasteiger partial charge on any atom is 0.119 e. The van der Waals surface area contributed by atoms with Gasteiger partial charge in [-0.1, -0.05) is 6.07 Å². The number of ether oxygens (including phenoxy) is 1. The van der Waals surface area contributed by atoms with Gasteiger partial charge in [-0.25, -0.2) is 0 Å². The van der Waals surface area contributed by atoms with Crippen LogP contribution in [0.3, 0.4) is 0 Å². The first-order chi connectivity index (χ1) is 10.1. The first-order valence-electron chi connectivity index (χ1n) is 8.30. The van der Waals surface area contributed by atoms with Crippen molar-refractivity contribution in [1.29, 1.82) is 0 Å². The Bertz CT molecular complexity index is 500. The molecule has 0 amide bonds. The maximum atomic E-state index is 6.18. The second-order valence-electron chi connectivity index (χ2n) is 7.03. The minimum atomic E-state index is 0.186. The van der Waals surface area contributed by atoms with E-state index in [-0.39, 0.29) is 5.54 Å². The first-order valence-corrected chi connectivity index (χ1v) is 8.30. The van der Waals surface area contributed by atoms with Crippen molar-refractivity contribution in [3.05, 3.63) is 29.3 Å². The number of nitrogens with one attached hydrogen (secondary N) is 1. The molecule has 21 heavy (non-hydrogen) atoms. The first kappa shape index (κ1) is 14.9. The van der Waals surface area contributed by atoms with Crippen LogP contribution in [0, 0.1) is 0 Å². The second kappa shape index (κ2) is 5.98. The summed E-state index contributed by atoms with van der Waals surface area (Å²) in [5.74, 6) is 1.03. The Hall–Kier alpha value is -1.06. The molecule has 2 heterocycles. The van der Waals surface area contributed by atoms with E-state index in [9.17, 15) is 0 Å². The molecule has 0 bridgehead atoms. The number of fused-ring (bicyclic) bond motifs is 1. The molecule has 3 rings (SSSR count). The third-order valence-corrected chi connectivity index (χ3v) is 5.05. The van der Waals surface area contributed by atoms with E-state index in [1.165, 1.54) is 30.5 Å². The maximum absolute atomic E-state index is 6.18. The predicted molar refractivity (Wildman–Crippen MR) is 86.8 cm³/mol. The van der Waals surface area contributed by atoms with Crippen LogP contribution in [0.25, 0.3) is 0 Å². The lowest BCUT2D eigenvalue weighted by atomic mass is 9.98. The van der Waals surface area contributed by atoms with Crippen molar-refractivity contribution in [2.75, 3.05) is 19.7 Å². The van der Waals surface area contributed by atoms with Gasteiger partial charge in [0.05, 0.1) is 5.54 Å². The zero-order valence-electron chi connectivity index (χ0n) is 13.6. The van der Waals surface area contributed by atoms with Gasteiger partial charge in [0.2, 0.25) is 0 Å². The predicted octanol–water partition coefficient (Wildman–Crippen LogP) is 2.97. The Morgan fingerprint density at radius 2 is 2.19 bits per heavy atom. The summed E-state index contributed by atoms with van der Waals surface area (Å²) in [5.41, 5.74) is 3.05. The van der Waals surface area contributed by atoms with Crippen molar-refractivity contribution in [3.63, 3.8) is 0 Å². The summed E-state index contributed by atoms with van der Waals surface area (Å²) in [7, 11) is 0. The lowest BCUT2D eigenvalue weighted by Crippen LogP contribution is -2.49. The van der Waals surface area contributed by atoms with Gasteiger partial charge in [0.15, 0.2) is 0 Å². The molecule has 1 N–H and O–H groups in total. The number of nitrogens with zero attached hydrogens (tertiary/aromatic N) is 1. The molecule has 116 valence electrons. The summed E-state index contributed by atoms with van der Waals surface area (Å²) in [6, 6.07) is 7.18. The van der Waals surface area contributed by atoms with Crippen molar-refractivity contribution in [2.24, 2.45) is 0 Å². The Morgan fingerprint density at radius 1 is 1.33 bits per heavy atom. The van der Waals surface area contributed by atoms with E-state index in [1.54, 1.807) is 0 Å². The molecule has 1 saturated heterocycles. The van der Waals surface area contributed by atoms with E-state index in [4.69, 9.17) is 4.74 Å². The molecule has 1 aromatic carbocycles. The average Bonchev–Trinajstić information content (AvgIpc) is 2.87. The monoisotopic (exact) mass is 288 g/mol. The van der Waals surface area contributed by atoms with E-state index >= 15 is 0 Å². The molecule has 0 aliphatic carbocycles. The van der Waals surface area contributed by atoms with E-state index in [1.807, 2.05) is 0 Å². The van der Waals surface area contributed by atoms with Gasteiger partial charge in [-0.05, 0) is 76.4 Å². The number of likely N-dealkylation sites (tertiary alicyclic amines) is 1. The van der Waals surface area contributed by atoms with E-state index in [0.717, 1.165) is 31.9 Å². The van der Waals surface area contributed by atoms with Gasteiger partial charge in [-0.2, -0.15) is 0 Å². The van der Waals surface area contributed by atoms with E-state index in [2.05, 4.69) is 49.2 Å². The Kier molecular flexibility index (Phi) is 4.23. The van der Waals surface area contributed by atoms with Gasteiger partial charge < -0.3 is 10.1 Å². The zero-order valence-corrected chi connectivity index (χ0v) is 13.6. The zero-order chi connectivity index (χ0) is 14.9. The Labute approximate surface area is 128 Å². The van der Waals surface area contributed by atoms with Crippen LogP contribution in [0.1, 0.15) is 44.7 Å². The van der Waals surface area contributed by atoms with Gasteiger partial charge >= 0.3 is 0 Å². The van der Waals surface area contributed by atoms with Gasteiger partial charge in [-0.15, -0.1) is 0 Å². The van der Waals surface area contributed by atoms with Crippen LogP contribution in [0.4, 0.5) is 0 Å². The minimum Gasteiger partial charge on any atom is -0.492 e. The van der Waals surface area contributed by atoms with Crippen molar-refractivity contribution in [1.82, 2.24) is 10.2 Å². The van der Waals surface area contributed by atoms with Gasteiger partial charge in [0, 0.05) is 12.6 Å². The van der Waals surface area contributed by atoms with Crippen molar-refractivity contribution >= 4 is 0 Å². The summed E-state index contributed by atoms with van der Waals surface area (Å²) < 4.78 is 6.18. The van der Waals surface area contributed by atoms with Crippen molar-refractivity contribution < 1.29 is 4.74 Å². The summed E-state index contributed by atoms with van der Waals surface area (Å²) in [6.45, 7) is 11.0. The molecule has 1 aromatic rings. The van der Waals surface area contributed by atoms with Crippen LogP contribution in [0.2, 0.25) is 0 Å². The average molecular weight is 288 g/mol. The van der Waals surface area contributed by atoms with Crippen LogP contribution in [-0.2, 0) is 13.0 Å². The summed E-state index contributed by atoms with van der Waals surface area (Å²) >= 11 is 0. The Balaban J connectivity index is 1.67. The molecule has 2 aliphatic heterocycles. The smallest absolute Gasteiger partial charge is 0.119 e. The Morgan fingerprint density at radius 3 is 3.00 bits per heavy atom. The van der Waals surface area contributed by atoms with Crippen LogP contribution < -0.4 is 10.1 Å². The van der Waals surface area contributed by atoms with Crippen LogP contribution >= 0.6 is 0 Å². The summed E-state index contributed by atoms with van der Waals surface area (Å²) in [6.07, 6.45) is 3.63. The van der Waals surface area contributed by atoms with Crippen LogP contribution in [0.5, 0.6) is 5.75 Å². The highest BCUT2D eigenvalue weighted by molar-refractivity contribution is 5.37. The summed E-state index contributed by atoms with van der Waals surface area (Å²) in [4.78, 5) is 2.59. The fraction of sp³-hybridized carbons (Fsp3) is 0.667. The van der Waals surface area contributed by atoms with Crippen molar-refractivity contribution in [2.45, 2.75) is 58.2 Å². The second-order valence-corrected chi connectivity index (χ2v) is 7.03. The summed E-state index contributed by atoms with van der Waals surface area (Å²) in [5, 5.41) is 3.41. The lowest BCUT2D eigenvalue weighted by molar-refractivity contribution is 0.0663. The van der Waals surface area contributed by atoms with E-state index in [0.29, 0.717) is 6.04 Å². The molecule has 1 atom stereocenters. The molecule has 1 fully saturated rings. The topological polar surface area (TPSA) is 24.5 Å². The molecule has 0 radical (unpaired) electrons. The molecular weight excluding hydrogens is 260 g/mol. The quantitative estimate of drug-likeness (QED) is 0.922. The number of hydrogen-bond donors (Lipinski definition) is 1. The molecule has 2 aliphatic rings. The molecule has 3 heteroatoms. The normalized spacial score (nSPS) is 26.1. The largest absolute Gasteiger partial charge is 0.492 e. The molecule has 1 unspecified atom stereocenters. The molecule has 0 aromatic heterocycles. The third-order valence-electron chi connectivity index (χ3n) is 5.05. The standard InChI is InChI=1S/C18H28N2O/c1-14(2)20-10-4-8-18(20,3)13-21-17-6-5-16-12-19-9-7-15(16)11-17/h5-6,11,14,19H,4,7-10,12-13H2,1-3H3. The highest BCUT2D eigenvalue weighted by Crippen LogP contribution is 2.32. The van der Waals surface area contributed by atoms with Gasteiger partial charge in [-0.3, -0.25) is 4.90 Å². The van der Waals surface area contributed by atoms with Gasteiger partial charge in [0.25, 0.3) is 0 Å². The van der Waals surface area contributed by atoms with Crippen molar-refractivity contribution in [3.8, 4) is 5.75 Å². The molecule has 0 spiro atoms. The van der Waals surface area contributed by atoms with Gasteiger partial charge in [0.1, 0.15) is 12.4 Å².